The van der Waals surface area contributed by atoms with Crippen molar-refractivity contribution in [3.05, 3.63) is 0 Å². The molecule has 2 saturated heterocycles. The second kappa shape index (κ2) is 7.53. The molecule has 0 aromatic carbocycles. The number of carbonyl (C=O) groups is 3. The smallest absolute Gasteiger partial charge is 0.225 e. The minimum absolute atomic E-state index is 0.0571. The van der Waals surface area contributed by atoms with Crippen molar-refractivity contribution < 1.29 is 14.4 Å². The van der Waals surface area contributed by atoms with E-state index in [0.29, 0.717) is 13.1 Å². The third-order valence-electron chi connectivity index (χ3n) is 5.92. The van der Waals surface area contributed by atoms with E-state index in [1.165, 1.54) is 6.42 Å². The van der Waals surface area contributed by atoms with Gasteiger partial charge in [-0.2, -0.15) is 0 Å². The molecule has 3 fully saturated rings. The maximum absolute atomic E-state index is 12.7. The molecule has 6 nitrogen and oxygen atoms in total. The van der Waals surface area contributed by atoms with Crippen molar-refractivity contribution in [2.24, 2.45) is 11.8 Å². The maximum Gasteiger partial charge on any atom is 0.225 e. The summed E-state index contributed by atoms with van der Waals surface area (Å²) in [5, 5.41) is 3.16. The van der Waals surface area contributed by atoms with Crippen molar-refractivity contribution >= 4 is 17.7 Å². The Balaban J connectivity index is 1.40. The molecule has 24 heavy (non-hydrogen) atoms. The lowest BCUT2D eigenvalue weighted by Crippen LogP contribution is -2.50. The maximum atomic E-state index is 12.7. The van der Waals surface area contributed by atoms with Gasteiger partial charge in [0.25, 0.3) is 0 Å². The van der Waals surface area contributed by atoms with Crippen LogP contribution in [-0.2, 0) is 14.4 Å². The van der Waals surface area contributed by atoms with E-state index in [2.05, 4.69) is 5.32 Å². The Labute approximate surface area is 143 Å². The van der Waals surface area contributed by atoms with Gasteiger partial charge in [-0.05, 0) is 38.5 Å². The van der Waals surface area contributed by atoms with Gasteiger partial charge in [0.1, 0.15) is 0 Å². The average molecular weight is 335 g/mol. The monoisotopic (exact) mass is 335 g/mol. The third kappa shape index (κ3) is 3.90. The molecule has 3 aliphatic rings. The van der Waals surface area contributed by atoms with Crippen molar-refractivity contribution in [3.8, 4) is 0 Å². The van der Waals surface area contributed by atoms with Crippen molar-refractivity contribution in [2.45, 2.75) is 57.9 Å². The highest BCUT2D eigenvalue weighted by Crippen LogP contribution is 2.27. The Hall–Kier alpha value is -1.59. The van der Waals surface area contributed by atoms with Crippen LogP contribution < -0.4 is 5.32 Å². The van der Waals surface area contributed by atoms with Crippen LogP contribution in [0.2, 0.25) is 0 Å². The molecule has 0 aromatic heterocycles. The number of carbonyl (C=O) groups excluding carboxylic acids is 3. The summed E-state index contributed by atoms with van der Waals surface area (Å²) in [4.78, 5) is 39.8. The molecule has 0 spiro atoms. The summed E-state index contributed by atoms with van der Waals surface area (Å²) in [6.45, 7) is 4.45. The normalized spacial score (nSPS) is 23.7. The Morgan fingerprint density at radius 3 is 1.88 bits per heavy atom. The highest BCUT2D eigenvalue weighted by atomic mass is 16.2. The predicted molar refractivity (Wildman–Crippen MR) is 90.1 cm³/mol. The third-order valence-corrected chi connectivity index (χ3v) is 5.92. The standard InChI is InChI=1S/C18H29N3O3/c1-13(22)20-9-5-15(6-10-20)18(24)21-11-7-16(8-12-21)19-17(23)14-3-2-4-14/h14-16H,2-12H2,1H3,(H,19,23). The number of hydrogen-bond acceptors (Lipinski definition) is 3. The number of hydrogen-bond donors (Lipinski definition) is 1. The summed E-state index contributed by atoms with van der Waals surface area (Å²) in [7, 11) is 0. The van der Waals surface area contributed by atoms with Gasteiger partial charge in [0, 0.05) is 51.0 Å². The van der Waals surface area contributed by atoms with E-state index in [1.807, 2.05) is 9.80 Å². The lowest BCUT2D eigenvalue weighted by Gasteiger charge is -2.37. The van der Waals surface area contributed by atoms with Gasteiger partial charge in [-0.15, -0.1) is 0 Å². The van der Waals surface area contributed by atoms with Crippen LogP contribution in [0.1, 0.15) is 51.9 Å². The number of rotatable bonds is 3. The zero-order chi connectivity index (χ0) is 17.1. The zero-order valence-electron chi connectivity index (χ0n) is 14.6. The lowest BCUT2D eigenvalue weighted by molar-refractivity contribution is -0.141. The van der Waals surface area contributed by atoms with Gasteiger partial charge in [-0.25, -0.2) is 0 Å². The summed E-state index contributed by atoms with van der Waals surface area (Å²) in [6.07, 6.45) is 6.50. The number of piperidine rings is 2. The molecule has 0 radical (unpaired) electrons. The van der Waals surface area contributed by atoms with E-state index < -0.39 is 0 Å². The topological polar surface area (TPSA) is 69.7 Å². The number of nitrogens with zero attached hydrogens (tertiary/aromatic N) is 2. The van der Waals surface area contributed by atoms with Crippen LogP contribution in [0.25, 0.3) is 0 Å². The van der Waals surface area contributed by atoms with E-state index in [-0.39, 0.29) is 35.6 Å². The molecule has 0 atom stereocenters. The van der Waals surface area contributed by atoms with Crippen LogP contribution in [0, 0.1) is 11.8 Å². The fourth-order valence-corrected chi connectivity index (χ4v) is 3.93. The van der Waals surface area contributed by atoms with Crippen LogP contribution in [0.3, 0.4) is 0 Å². The first-order chi connectivity index (χ1) is 11.5. The molecule has 6 heteroatoms. The van der Waals surface area contributed by atoms with E-state index in [1.54, 1.807) is 6.92 Å². The van der Waals surface area contributed by atoms with Gasteiger partial charge in [-0.3, -0.25) is 14.4 Å². The fraction of sp³-hybridized carbons (Fsp3) is 0.833. The van der Waals surface area contributed by atoms with Gasteiger partial charge < -0.3 is 15.1 Å². The van der Waals surface area contributed by atoms with E-state index >= 15 is 0 Å². The predicted octanol–water partition coefficient (Wildman–Crippen LogP) is 1.15. The molecule has 2 aliphatic heterocycles. The van der Waals surface area contributed by atoms with Gasteiger partial charge in [0.2, 0.25) is 17.7 Å². The van der Waals surface area contributed by atoms with Crippen molar-refractivity contribution in [1.82, 2.24) is 15.1 Å². The van der Waals surface area contributed by atoms with Gasteiger partial charge in [-0.1, -0.05) is 6.42 Å². The minimum atomic E-state index is 0.0571. The van der Waals surface area contributed by atoms with Gasteiger partial charge in [0.05, 0.1) is 0 Å². The Kier molecular flexibility index (Phi) is 5.41. The molecule has 1 aliphatic carbocycles. The number of amides is 3. The largest absolute Gasteiger partial charge is 0.353 e. The van der Waals surface area contributed by atoms with Crippen molar-refractivity contribution in [1.29, 1.82) is 0 Å². The van der Waals surface area contributed by atoms with E-state index in [9.17, 15) is 14.4 Å². The zero-order valence-corrected chi connectivity index (χ0v) is 14.6. The first-order valence-electron chi connectivity index (χ1n) is 9.39. The van der Waals surface area contributed by atoms with E-state index in [4.69, 9.17) is 0 Å². The molecule has 3 rings (SSSR count). The molecule has 3 amide bonds. The van der Waals surface area contributed by atoms with E-state index in [0.717, 1.165) is 51.6 Å². The highest BCUT2D eigenvalue weighted by Gasteiger charge is 2.33. The van der Waals surface area contributed by atoms with Crippen molar-refractivity contribution in [3.63, 3.8) is 0 Å². The molecule has 2 heterocycles. The van der Waals surface area contributed by atoms with Crippen LogP contribution in [-0.4, -0.2) is 59.7 Å². The molecular weight excluding hydrogens is 306 g/mol. The van der Waals surface area contributed by atoms with Gasteiger partial charge in [0.15, 0.2) is 0 Å². The fourth-order valence-electron chi connectivity index (χ4n) is 3.93. The Morgan fingerprint density at radius 2 is 1.38 bits per heavy atom. The molecule has 1 saturated carbocycles. The minimum Gasteiger partial charge on any atom is -0.353 e. The number of nitrogens with one attached hydrogen (secondary N) is 1. The quantitative estimate of drug-likeness (QED) is 0.841. The molecular formula is C18H29N3O3. The Morgan fingerprint density at radius 1 is 0.792 bits per heavy atom. The van der Waals surface area contributed by atoms with Crippen LogP contribution in [0.4, 0.5) is 0 Å². The first-order valence-corrected chi connectivity index (χ1v) is 9.39. The summed E-state index contributed by atoms with van der Waals surface area (Å²) in [6, 6.07) is 0.224. The van der Waals surface area contributed by atoms with Crippen LogP contribution in [0.15, 0.2) is 0 Å². The molecule has 0 aromatic rings. The van der Waals surface area contributed by atoms with Crippen molar-refractivity contribution in [2.75, 3.05) is 26.2 Å². The van der Waals surface area contributed by atoms with Crippen LogP contribution in [0.5, 0.6) is 0 Å². The first kappa shape index (κ1) is 17.2. The number of likely N-dealkylation sites (tertiary alicyclic amines) is 2. The lowest BCUT2D eigenvalue weighted by atomic mass is 9.84. The second-order valence-corrected chi connectivity index (χ2v) is 7.52. The molecule has 0 bridgehead atoms. The summed E-state index contributed by atoms with van der Waals surface area (Å²) in [5.41, 5.74) is 0. The average Bonchev–Trinajstić information content (AvgIpc) is 2.53. The summed E-state index contributed by atoms with van der Waals surface area (Å²) < 4.78 is 0. The highest BCUT2D eigenvalue weighted by molar-refractivity contribution is 5.81. The summed E-state index contributed by atoms with van der Waals surface area (Å²) in [5.74, 6) is 0.839. The van der Waals surface area contributed by atoms with Crippen LogP contribution >= 0.6 is 0 Å². The summed E-state index contributed by atoms with van der Waals surface area (Å²) >= 11 is 0. The SMILES string of the molecule is CC(=O)N1CCC(C(=O)N2CCC(NC(=O)C3CCC3)CC2)CC1. The van der Waals surface area contributed by atoms with Gasteiger partial charge >= 0.3 is 0 Å². The molecule has 1 N–H and O–H groups in total. The molecule has 134 valence electrons. The Bertz CT molecular complexity index is 488. The second-order valence-electron chi connectivity index (χ2n) is 7.52. The molecule has 0 unspecified atom stereocenters.